The van der Waals surface area contributed by atoms with Gasteiger partial charge in [0.1, 0.15) is 47.5 Å². The van der Waals surface area contributed by atoms with Gasteiger partial charge in [-0.3, -0.25) is 8.98 Å². The lowest BCUT2D eigenvalue weighted by Gasteiger charge is -2.48. The first-order chi connectivity index (χ1) is 24.8. The standard InChI is InChI=1S/C38H67NO14S/c1-15-26-38(10,43)33(53-54(14,44)45)21(4)29-19(2)17-37(9,52-29)32(51-35-28(40)25(39(11)12)16-20(3)47-35)22(5)30(23(6)34(42)49-26)50-27-18-36(8,46-13)31(41)24(7)48-27/h20-28,30-33,35,40-41,43H,15-18H2,1-14H3/t20-,21+,22+,23-,24+,25+,26-,27+,28-,30+,31+,32-,33-,35+,36-,37-,38-/m1/s1. The van der Waals surface area contributed by atoms with Crippen molar-refractivity contribution in [2.45, 2.75) is 179 Å². The smallest absolute Gasteiger partial charge is 0.311 e. The van der Waals surface area contributed by atoms with Crippen LogP contribution in [0.3, 0.4) is 0 Å². The predicted molar refractivity (Wildman–Crippen MR) is 197 cm³/mol. The summed E-state index contributed by atoms with van der Waals surface area (Å²) < 4.78 is 75.8. The van der Waals surface area contributed by atoms with E-state index in [1.807, 2.05) is 46.7 Å². The minimum absolute atomic E-state index is 0.126. The van der Waals surface area contributed by atoms with Crippen LogP contribution in [0.25, 0.3) is 0 Å². The molecule has 15 nitrogen and oxygen atoms in total. The van der Waals surface area contributed by atoms with Gasteiger partial charge in [-0.15, -0.1) is 0 Å². The summed E-state index contributed by atoms with van der Waals surface area (Å²) in [6.07, 6.45) is -7.49. The molecule has 3 N–H and O–H groups in total. The fraction of sp³-hybridized carbons (Fsp3) is 0.921. The van der Waals surface area contributed by atoms with E-state index in [0.717, 1.165) is 11.8 Å². The first kappa shape index (κ1) is 45.3. The van der Waals surface area contributed by atoms with Crippen LogP contribution in [0.4, 0.5) is 0 Å². The Bertz CT molecular complexity index is 1460. The van der Waals surface area contributed by atoms with Crippen molar-refractivity contribution in [1.82, 2.24) is 4.90 Å². The molecule has 3 saturated heterocycles. The number of aliphatic hydroxyl groups excluding tert-OH is 2. The van der Waals surface area contributed by atoms with Gasteiger partial charge in [-0.2, -0.15) is 8.42 Å². The van der Waals surface area contributed by atoms with E-state index in [2.05, 4.69) is 0 Å². The fourth-order valence-electron chi connectivity index (χ4n) is 9.08. The van der Waals surface area contributed by atoms with Crippen LogP contribution in [-0.4, -0.2) is 146 Å². The molecule has 2 bridgehead atoms. The lowest BCUT2D eigenvalue weighted by atomic mass is 9.78. The summed E-state index contributed by atoms with van der Waals surface area (Å²) in [6.45, 7) is 17.5. The van der Waals surface area contributed by atoms with Gasteiger partial charge in [0.05, 0.1) is 36.1 Å². The van der Waals surface area contributed by atoms with Gasteiger partial charge in [-0.05, 0) is 81.0 Å². The van der Waals surface area contributed by atoms with Crippen LogP contribution < -0.4 is 0 Å². The first-order valence-electron chi connectivity index (χ1n) is 19.2. The zero-order valence-corrected chi connectivity index (χ0v) is 35.4. The minimum Gasteiger partial charge on any atom is -0.489 e. The highest BCUT2D eigenvalue weighted by Crippen LogP contribution is 2.48. The van der Waals surface area contributed by atoms with E-state index in [0.29, 0.717) is 18.6 Å². The largest absolute Gasteiger partial charge is 0.489 e. The fourth-order valence-corrected chi connectivity index (χ4v) is 9.82. The van der Waals surface area contributed by atoms with Crippen LogP contribution in [0.5, 0.6) is 0 Å². The first-order valence-corrected chi connectivity index (χ1v) is 21.0. The molecule has 0 radical (unpaired) electrons. The number of fused-ring (bicyclic) bond motifs is 2. The molecule has 4 aliphatic rings. The van der Waals surface area contributed by atoms with E-state index in [4.69, 9.17) is 37.3 Å². The molecule has 0 aromatic heterocycles. The molecule has 4 aliphatic heterocycles. The summed E-state index contributed by atoms with van der Waals surface area (Å²) >= 11 is 0. The van der Waals surface area contributed by atoms with E-state index in [9.17, 15) is 28.5 Å². The minimum atomic E-state index is -4.13. The topological polar surface area (TPSA) is 189 Å². The second kappa shape index (κ2) is 16.8. The number of methoxy groups -OCH3 is 1. The van der Waals surface area contributed by atoms with Crippen molar-refractivity contribution in [3.05, 3.63) is 11.3 Å². The van der Waals surface area contributed by atoms with Crippen molar-refractivity contribution in [3.63, 3.8) is 0 Å². The predicted octanol–water partition coefficient (Wildman–Crippen LogP) is 2.88. The van der Waals surface area contributed by atoms with E-state index in [-0.39, 0.29) is 25.0 Å². The van der Waals surface area contributed by atoms with Crippen molar-refractivity contribution in [1.29, 1.82) is 0 Å². The lowest BCUT2D eigenvalue weighted by molar-refractivity contribution is -0.316. The molecule has 0 aromatic carbocycles. The summed E-state index contributed by atoms with van der Waals surface area (Å²) in [5.41, 5.74) is -3.45. The van der Waals surface area contributed by atoms with Crippen molar-refractivity contribution in [3.8, 4) is 0 Å². The number of rotatable bonds is 9. The number of likely N-dealkylation sites (N-methyl/N-ethyl adjacent to an activating group) is 1. The van der Waals surface area contributed by atoms with Crippen LogP contribution in [0.1, 0.15) is 94.9 Å². The number of ether oxygens (including phenoxy) is 7. The molecule has 16 heteroatoms. The molecular weight excluding hydrogens is 726 g/mol. The molecule has 17 atom stereocenters. The average Bonchev–Trinajstić information content (AvgIpc) is 3.39. The normalized spacial score (nSPS) is 47.0. The van der Waals surface area contributed by atoms with Crippen molar-refractivity contribution < 1.29 is 65.9 Å². The maximum Gasteiger partial charge on any atom is 0.311 e. The summed E-state index contributed by atoms with van der Waals surface area (Å²) in [5, 5.41) is 34.8. The highest BCUT2D eigenvalue weighted by Gasteiger charge is 2.57. The maximum atomic E-state index is 14.3. The second-order valence-corrected chi connectivity index (χ2v) is 18.7. The van der Waals surface area contributed by atoms with Crippen LogP contribution >= 0.6 is 0 Å². The molecule has 314 valence electrons. The van der Waals surface area contributed by atoms with Gasteiger partial charge >= 0.3 is 5.97 Å². The summed E-state index contributed by atoms with van der Waals surface area (Å²) in [4.78, 5) is 16.2. The quantitative estimate of drug-likeness (QED) is 0.228. The third-order valence-electron chi connectivity index (χ3n) is 12.2. The molecule has 4 rings (SSSR count). The summed E-state index contributed by atoms with van der Waals surface area (Å²) in [5.74, 6) is -2.86. The van der Waals surface area contributed by atoms with E-state index >= 15 is 0 Å². The van der Waals surface area contributed by atoms with Crippen molar-refractivity contribution in [2.75, 3.05) is 27.5 Å². The Morgan fingerprint density at radius 1 is 0.981 bits per heavy atom. The van der Waals surface area contributed by atoms with E-state index in [1.165, 1.54) is 14.0 Å². The molecule has 4 heterocycles. The van der Waals surface area contributed by atoms with Crippen molar-refractivity contribution >= 4 is 16.1 Å². The van der Waals surface area contributed by atoms with Gasteiger partial charge in [0.2, 0.25) is 0 Å². The van der Waals surface area contributed by atoms with Crippen LogP contribution in [0.15, 0.2) is 11.3 Å². The summed E-state index contributed by atoms with van der Waals surface area (Å²) in [7, 11) is 1.14. The number of cyclic esters (lactones) is 1. The number of carbonyl (C=O) groups is 1. The number of hydrogen-bond acceptors (Lipinski definition) is 15. The Kier molecular flexibility index (Phi) is 14.1. The number of nitrogens with zero attached hydrogens (tertiary/aromatic N) is 1. The van der Waals surface area contributed by atoms with Crippen molar-refractivity contribution in [2.24, 2.45) is 17.8 Å². The zero-order valence-electron chi connectivity index (χ0n) is 34.6. The number of aliphatic hydroxyl groups is 3. The Morgan fingerprint density at radius 2 is 1.61 bits per heavy atom. The van der Waals surface area contributed by atoms with Gasteiger partial charge < -0.3 is 53.4 Å². The number of esters is 1. The molecule has 0 saturated carbocycles. The van der Waals surface area contributed by atoms with Crippen LogP contribution in [0, 0.1) is 17.8 Å². The van der Waals surface area contributed by atoms with Crippen LogP contribution in [-0.2, 0) is 52.3 Å². The maximum absolute atomic E-state index is 14.3. The summed E-state index contributed by atoms with van der Waals surface area (Å²) in [6, 6.07) is -0.283. The van der Waals surface area contributed by atoms with E-state index in [1.54, 1.807) is 34.6 Å². The Hall–Kier alpha value is -1.44. The zero-order chi connectivity index (χ0) is 40.9. The number of hydrogen-bond donors (Lipinski definition) is 3. The second-order valence-electron chi connectivity index (χ2n) is 17.1. The molecule has 3 fully saturated rings. The third-order valence-corrected chi connectivity index (χ3v) is 12.7. The lowest BCUT2D eigenvalue weighted by Crippen LogP contribution is -2.60. The Morgan fingerprint density at radius 3 is 2.17 bits per heavy atom. The van der Waals surface area contributed by atoms with Gasteiger partial charge in [0.25, 0.3) is 10.1 Å². The highest BCUT2D eigenvalue weighted by atomic mass is 32.2. The molecular formula is C38H67NO14S. The van der Waals surface area contributed by atoms with Gasteiger partial charge in [0, 0.05) is 37.8 Å². The molecule has 0 spiro atoms. The van der Waals surface area contributed by atoms with Gasteiger partial charge in [0.15, 0.2) is 12.6 Å². The highest BCUT2D eigenvalue weighted by molar-refractivity contribution is 7.86. The number of carbonyl (C=O) groups excluding carboxylic acids is 1. The third kappa shape index (κ3) is 9.30. The van der Waals surface area contributed by atoms with Crippen LogP contribution in [0.2, 0.25) is 0 Å². The Labute approximate surface area is 322 Å². The molecule has 0 aromatic rings. The molecule has 54 heavy (non-hydrogen) atoms. The molecule has 0 amide bonds. The van der Waals surface area contributed by atoms with Gasteiger partial charge in [-0.25, -0.2) is 0 Å². The monoisotopic (exact) mass is 793 g/mol. The molecule has 0 aliphatic carbocycles. The average molecular weight is 794 g/mol. The van der Waals surface area contributed by atoms with E-state index < -0.39 is 106 Å². The molecule has 0 unspecified atom stereocenters. The Balaban J connectivity index is 1.89. The van der Waals surface area contributed by atoms with Gasteiger partial charge in [-0.1, -0.05) is 20.8 Å². The SMILES string of the molecule is CC[C@H]1OC(=O)[C@H](C)[C@@H](O[C@H]2C[C@@](C)(OC)[C@@H](O)[C@H](C)O2)[C@H](C)[C@@H](O[C@@H]2O[C@H](C)C[C@H](N(C)C)[C@H]2O)[C@@]2(C)CC(C)=C(O2)[C@H](C)[C@@H](OS(C)(=O)=O)[C@]1(C)O.